The maximum Gasteiger partial charge on any atom is 0.170 e. The summed E-state index contributed by atoms with van der Waals surface area (Å²) >= 11 is 5.26. The van der Waals surface area contributed by atoms with Crippen LogP contribution in [0.3, 0.4) is 0 Å². The van der Waals surface area contributed by atoms with Crippen molar-refractivity contribution in [2.45, 2.75) is 46.7 Å². The number of nitrogens with zero attached hydrogens (tertiary/aromatic N) is 4. The van der Waals surface area contributed by atoms with Crippen LogP contribution >= 0.6 is 12.2 Å². The molecule has 2 rings (SSSR count). The Morgan fingerprint density at radius 3 is 2.77 bits per heavy atom. The third-order valence-corrected chi connectivity index (χ3v) is 3.79. The first-order chi connectivity index (χ1) is 10.6. The third-order valence-electron chi connectivity index (χ3n) is 3.54. The van der Waals surface area contributed by atoms with Gasteiger partial charge in [0.15, 0.2) is 5.11 Å². The molecule has 2 aromatic heterocycles. The number of aromatic nitrogens is 4. The summed E-state index contributed by atoms with van der Waals surface area (Å²) in [5, 5.41) is 15.7. The molecular formula is C15H24N6S. The fourth-order valence-corrected chi connectivity index (χ4v) is 2.42. The predicted molar refractivity (Wildman–Crippen MR) is 93.1 cm³/mol. The highest BCUT2D eigenvalue weighted by atomic mass is 32.1. The van der Waals surface area contributed by atoms with Crippen LogP contribution < -0.4 is 10.6 Å². The number of hydrogen-bond acceptors (Lipinski definition) is 3. The number of nitrogens with one attached hydrogen (secondary N) is 2. The fourth-order valence-electron chi connectivity index (χ4n) is 2.20. The summed E-state index contributed by atoms with van der Waals surface area (Å²) in [4.78, 5) is 0. The van der Waals surface area contributed by atoms with Crippen LogP contribution in [0.15, 0.2) is 18.6 Å². The lowest BCUT2D eigenvalue weighted by Gasteiger charge is -2.07. The van der Waals surface area contributed by atoms with Gasteiger partial charge >= 0.3 is 0 Å². The van der Waals surface area contributed by atoms with Crippen LogP contribution in [0.4, 0.5) is 5.69 Å². The van der Waals surface area contributed by atoms with Gasteiger partial charge in [-0.2, -0.15) is 10.2 Å². The van der Waals surface area contributed by atoms with Gasteiger partial charge in [-0.3, -0.25) is 9.36 Å². The molecule has 0 bridgehead atoms. The molecule has 0 radical (unpaired) electrons. The summed E-state index contributed by atoms with van der Waals surface area (Å²) in [6.07, 6.45) is 7.91. The summed E-state index contributed by atoms with van der Waals surface area (Å²) in [7, 11) is 0. The van der Waals surface area contributed by atoms with E-state index in [0.29, 0.717) is 11.7 Å². The van der Waals surface area contributed by atoms with Crippen LogP contribution in [-0.4, -0.2) is 31.2 Å². The van der Waals surface area contributed by atoms with Crippen molar-refractivity contribution in [2.24, 2.45) is 0 Å². The first-order valence-corrected chi connectivity index (χ1v) is 8.13. The molecule has 0 fully saturated rings. The number of aryl methyl sites for hydroxylation is 1. The van der Waals surface area contributed by atoms with Gasteiger partial charge in [0.2, 0.25) is 0 Å². The monoisotopic (exact) mass is 320 g/mol. The Morgan fingerprint density at radius 2 is 2.09 bits per heavy atom. The summed E-state index contributed by atoms with van der Waals surface area (Å²) in [5.74, 6) is 0. The molecule has 120 valence electrons. The highest BCUT2D eigenvalue weighted by Gasteiger charge is 2.07. The van der Waals surface area contributed by atoms with E-state index in [-0.39, 0.29) is 0 Å². The molecule has 6 nitrogen and oxygen atoms in total. The van der Waals surface area contributed by atoms with Gasteiger partial charge in [-0.15, -0.1) is 0 Å². The minimum Gasteiger partial charge on any atom is -0.362 e. The van der Waals surface area contributed by atoms with Gasteiger partial charge in [-0.1, -0.05) is 13.3 Å². The molecule has 0 aliphatic rings. The smallest absolute Gasteiger partial charge is 0.170 e. The molecule has 2 N–H and O–H groups in total. The van der Waals surface area contributed by atoms with Crippen molar-refractivity contribution in [3.8, 4) is 0 Å². The largest absolute Gasteiger partial charge is 0.362 e. The van der Waals surface area contributed by atoms with E-state index < -0.39 is 0 Å². The maximum atomic E-state index is 5.26. The molecule has 0 atom stereocenters. The average Bonchev–Trinajstić information content (AvgIpc) is 3.07. The topological polar surface area (TPSA) is 59.7 Å². The van der Waals surface area contributed by atoms with Gasteiger partial charge in [0.1, 0.15) is 0 Å². The standard InChI is InChI=1S/C15H24N6S/c1-4-6-7-16-15(22)19-14-9-17-20(11-14)10-13-8-18-21(5-2)12(13)3/h8-9,11H,4-7,10H2,1-3H3,(H2,16,19,22). The summed E-state index contributed by atoms with van der Waals surface area (Å²) in [5.41, 5.74) is 3.26. The second-order valence-electron chi connectivity index (χ2n) is 5.23. The molecule has 22 heavy (non-hydrogen) atoms. The highest BCUT2D eigenvalue weighted by molar-refractivity contribution is 7.80. The Balaban J connectivity index is 1.91. The van der Waals surface area contributed by atoms with Crippen LogP contribution in [0.2, 0.25) is 0 Å². The van der Waals surface area contributed by atoms with E-state index in [1.807, 2.05) is 21.8 Å². The second kappa shape index (κ2) is 7.93. The maximum absolute atomic E-state index is 5.26. The van der Waals surface area contributed by atoms with Gasteiger partial charge in [-0.05, 0) is 32.5 Å². The van der Waals surface area contributed by atoms with Crippen molar-refractivity contribution in [3.05, 3.63) is 29.8 Å². The van der Waals surface area contributed by atoms with E-state index >= 15 is 0 Å². The zero-order valence-electron chi connectivity index (χ0n) is 13.5. The Hall–Kier alpha value is -1.89. The number of rotatable bonds is 7. The van der Waals surface area contributed by atoms with Crippen molar-refractivity contribution >= 4 is 23.0 Å². The van der Waals surface area contributed by atoms with E-state index in [9.17, 15) is 0 Å². The Kier molecular flexibility index (Phi) is 5.94. The van der Waals surface area contributed by atoms with E-state index in [0.717, 1.165) is 31.6 Å². The van der Waals surface area contributed by atoms with E-state index in [1.54, 1.807) is 6.20 Å². The van der Waals surface area contributed by atoms with Crippen LogP contribution in [0.5, 0.6) is 0 Å². The van der Waals surface area contributed by atoms with Crippen LogP contribution in [0.25, 0.3) is 0 Å². The third kappa shape index (κ3) is 4.30. The zero-order valence-corrected chi connectivity index (χ0v) is 14.3. The first-order valence-electron chi connectivity index (χ1n) is 7.72. The van der Waals surface area contributed by atoms with E-state index in [1.165, 1.54) is 11.3 Å². The van der Waals surface area contributed by atoms with Gasteiger partial charge < -0.3 is 10.6 Å². The molecule has 2 heterocycles. The Morgan fingerprint density at radius 1 is 1.27 bits per heavy atom. The molecule has 0 aliphatic carbocycles. The van der Waals surface area contributed by atoms with Gasteiger partial charge in [0, 0.05) is 30.5 Å². The van der Waals surface area contributed by atoms with Gasteiger partial charge in [-0.25, -0.2) is 0 Å². The second-order valence-corrected chi connectivity index (χ2v) is 5.64. The van der Waals surface area contributed by atoms with Crippen molar-refractivity contribution in [2.75, 3.05) is 11.9 Å². The van der Waals surface area contributed by atoms with Crippen LogP contribution in [-0.2, 0) is 13.1 Å². The van der Waals surface area contributed by atoms with Gasteiger partial charge in [0.05, 0.1) is 24.6 Å². The van der Waals surface area contributed by atoms with E-state index in [2.05, 4.69) is 41.6 Å². The zero-order chi connectivity index (χ0) is 15.9. The molecular weight excluding hydrogens is 296 g/mol. The van der Waals surface area contributed by atoms with Crippen LogP contribution in [0, 0.1) is 6.92 Å². The minimum atomic E-state index is 0.642. The van der Waals surface area contributed by atoms with Crippen molar-refractivity contribution in [1.82, 2.24) is 24.9 Å². The predicted octanol–water partition coefficient (Wildman–Crippen LogP) is 2.54. The molecule has 0 unspecified atom stereocenters. The van der Waals surface area contributed by atoms with Crippen molar-refractivity contribution in [3.63, 3.8) is 0 Å². The summed E-state index contributed by atoms with van der Waals surface area (Å²) in [6, 6.07) is 0. The molecule has 0 aliphatic heterocycles. The van der Waals surface area contributed by atoms with Gasteiger partial charge in [0.25, 0.3) is 0 Å². The van der Waals surface area contributed by atoms with E-state index in [4.69, 9.17) is 12.2 Å². The molecule has 0 spiro atoms. The average molecular weight is 320 g/mol. The molecule has 0 amide bonds. The lowest BCUT2D eigenvalue weighted by molar-refractivity contribution is 0.633. The molecule has 2 aromatic rings. The number of anilines is 1. The fraction of sp³-hybridized carbons (Fsp3) is 0.533. The van der Waals surface area contributed by atoms with Crippen molar-refractivity contribution < 1.29 is 0 Å². The quantitative estimate of drug-likeness (QED) is 0.606. The lowest BCUT2D eigenvalue weighted by atomic mass is 10.2. The summed E-state index contributed by atoms with van der Waals surface area (Å²) in [6.45, 7) is 8.82. The molecule has 0 saturated carbocycles. The summed E-state index contributed by atoms with van der Waals surface area (Å²) < 4.78 is 3.88. The number of hydrogen-bond donors (Lipinski definition) is 2. The lowest BCUT2D eigenvalue weighted by Crippen LogP contribution is -2.28. The first kappa shape index (κ1) is 16.5. The normalized spacial score (nSPS) is 10.7. The van der Waals surface area contributed by atoms with Crippen LogP contribution in [0.1, 0.15) is 37.9 Å². The molecule has 0 aromatic carbocycles. The highest BCUT2D eigenvalue weighted by Crippen LogP contribution is 2.11. The van der Waals surface area contributed by atoms with Crippen molar-refractivity contribution in [1.29, 1.82) is 0 Å². The minimum absolute atomic E-state index is 0.642. The molecule has 0 saturated heterocycles. The SMILES string of the molecule is CCCCNC(=S)Nc1cnn(Cc2cnn(CC)c2C)c1. The Bertz CT molecular complexity index is 615. The molecule has 7 heteroatoms. The number of thiocarbonyl (C=S) groups is 1. The number of unbranched alkanes of at least 4 members (excludes halogenated alkanes) is 1. The Labute approximate surface area is 136 Å².